The fourth-order valence-electron chi connectivity index (χ4n) is 1.72. The van der Waals surface area contributed by atoms with Gasteiger partial charge in [0.25, 0.3) is 0 Å². The lowest BCUT2D eigenvalue weighted by Crippen LogP contribution is -2.16. The molecular formula is C13H14BrNS. The van der Waals surface area contributed by atoms with Crippen molar-refractivity contribution in [3.8, 4) is 0 Å². The molecule has 0 fully saturated rings. The maximum absolute atomic E-state index is 3.59. The molecule has 1 unspecified atom stereocenters. The zero-order chi connectivity index (χ0) is 11.5. The molecule has 84 valence electrons. The molecule has 0 saturated carbocycles. The molecular weight excluding hydrogens is 282 g/mol. The first-order valence-electron chi connectivity index (χ1n) is 5.19. The SMILES string of the molecule is CNC(c1ccc(C)cc1)c1sccc1Br. The predicted molar refractivity (Wildman–Crippen MR) is 74.1 cm³/mol. The maximum Gasteiger partial charge on any atom is 0.0680 e. The van der Waals surface area contributed by atoms with Gasteiger partial charge in [0.1, 0.15) is 0 Å². The van der Waals surface area contributed by atoms with Gasteiger partial charge in [-0.15, -0.1) is 11.3 Å². The van der Waals surface area contributed by atoms with Gasteiger partial charge in [0.2, 0.25) is 0 Å². The van der Waals surface area contributed by atoms with E-state index >= 15 is 0 Å². The Morgan fingerprint density at radius 1 is 1.19 bits per heavy atom. The third-order valence-corrected chi connectivity index (χ3v) is 4.54. The number of benzene rings is 1. The number of halogens is 1. The van der Waals surface area contributed by atoms with Crippen LogP contribution in [-0.4, -0.2) is 7.05 Å². The van der Waals surface area contributed by atoms with Gasteiger partial charge < -0.3 is 5.32 Å². The monoisotopic (exact) mass is 295 g/mol. The number of rotatable bonds is 3. The lowest BCUT2D eigenvalue weighted by molar-refractivity contribution is 0.701. The van der Waals surface area contributed by atoms with E-state index in [0.29, 0.717) is 0 Å². The van der Waals surface area contributed by atoms with Crippen molar-refractivity contribution in [1.82, 2.24) is 5.32 Å². The van der Waals surface area contributed by atoms with E-state index in [-0.39, 0.29) is 6.04 Å². The van der Waals surface area contributed by atoms with Gasteiger partial charge in [0, 0.05) is 9.35 Å². The van der Waals surface area contributed by atoms with E-state index in [1.807, 2.05) is 7.05 Å². The molecule has 3 heteroatoms. The van der Waals surface area contributed by atoms with Gasteiger partial charge in [-0.1, -0.05) is 29.8 Å². The fraction of sp³-hybridized carbons (Fsp3) is 0.231. The standard InChI is InChI=1S/C13H14BrNS/c1-9-3-5-10(6-4-9)12(15-2)13-11(14)7-8-16-13/h3-8,12,15H,1-2H3. The molecule has 0 aliphatic heterocycles. The highest BCUT2D eigenvalue weighted by atomic mass is 79.9. The van der Waals surface area contributed by atoms with Crippen LogP contribution in [0.3, 0.4) is 0 Å². The van der Waals surface area contributed by atoms with Crippen molar-refractivity contribution in [1.29, 1.82) is 0 Å². The van der Waals surface area contributed by atoms with Crippen molar-refractivity contribution in [2.24, 2.45) is 0 Å². The van der Waals surface area contributed by atoms with Gasteiger partial charge in [0.15, 0.2) is 0 Å². The Morgan fingerprint density at radius 3 is 2.38 bits per heavy atom. The first-order chi connectivity index (χ1) is 7.72. The number of thiophene rings is 1. The summed E-state index contributed by atoms with van der Waals surface area (Å²) in [7, 11) is 2.00. The number of nitrogens with one attached hydrogen (secondary N) is 1. The summed E-state index contributed by atoms with van der Waals surface area (Å²) in [6.45, 7) is 2.11. The maximum atomic E-state index is 3.59. The zero-order valence-corrected chi connectivity index (χ0v) is 11.7. The Kier molecular flexibility index (Phi) is 3.79. The van der Waals surface area contributed by atoms with Gasteiger partial charge >= 0.3 is 0 Å². The first-order valence-corrected chi connectivity index (χ1v) is 6.86. The summed E-state index contributed by atoms with van der Waals surface area (Å²) in [6, 6.07) is 11.0. The van der Waals surface area contributed by atoms with E-state index in [0.717, 1.165) is 0 Å². The second kappa shape index (κ2) is 5.13. The van der Waals surface area contributed by atoms with Crippen LogP contribution in [0, 0.1) is 6.92 Å². The fourth-order valence-corrected chi connectivity index (χ4v) is 3.46. The first kappa shape index (κ1) is 11.8. The molecule has 0 amide bonds. The number of aryl methyl sites for hydroxylation is 1. The lowest BCUT2D eigenvalue weighted by Gasteiger charge is -2.16. The summed E-state index contributed by atoms with van der Waals surface area (Å²) < 4.78 is 1.18. The van der Waals surface area contributed by atoms with E-state index in [2.05, 4.69) is 63.9 Å². The summed E-state index contributed by atoms with van der Waals surface area (Å²) in [5.74, 6) is 0. The van der Waals surface area contributed by atoms with Crippen LogP contribution in [0.2, 0.25) is 0 Å². The average Bonchev–Trinajstić information content (AvgIpc) is 2.69. The van der Waals surface area contributed by atoms with Crippen molar-refractivity contribution in [2.75, 3.05) is 7.05 Å². The summed E-state index contributed by atoms with van der Waals surface area (Å²) in [6.07, 6.45) is 0. The third kappa shape index (κ3) is 2.37. The highest BCUT2D eigenvalue weighted by molar-refractivity contribution is 9.10. The van der Waals surface area contributed by atoms with Crippen LogP contribution in [-0.2, 0) is 0 Å². The predicted octanol–water partition coefficient (Wildman–Crippen LogP) is 4.13. The van der Waals surface area contributed by atoms with Gasteiger partial charge in [-0.05, 0) is 46.9 Å². The Balaban J connectivity index is 2.37. The van der Waals surface area contributed by atoms with Crippen LogP contribution in [0.4, 0.5) is 0 Å². The molecule has 2 aromatic rings. The van der Waals surface area contributed by atoms with Crippen molar-refractivity contribution in [3.05, 3.63) is 56.2 Å². The van der Waals surface area contributed by atoms with Crippen molar-refractivity contribution >= 4 is 27.3 Å². The molecule has 16 heavy (non-hydrogen) atoms. The molecule has 0 bridgehead atoms. The summed E-state index contributed by atoms with van der Waals surface area (Å²) >= 11 is 5.36. The number of hydrogen-bond donors (Lipinski definition) is 1. The molecule has 2 rings (SSSR count). The van der Waals surface area contributed by atoms with Crippen molar-refractivity contribution in [2.45, 2.75) is 13.0 Å². The van der Waals surface area contributed by atoms with Crippen LogP contribution < -0.4 is 5.32 Å². The van der Waals surface area contributed by atoms with Crippen LogP contribution in [0.5, 0.6) is 0 Å². The summed E-state index contributed by atoms with van der Waals surface area (Å²) in [5, 5.41) is 5.47. The molecule has 0 spiro atoms. The van der Waals surface area contributed by atoms with Crippen molar-refractivity contribution in [3.63, 3.8) is 0 Å². The van der Waals surface area contributed by atoms with Crippen LogP contribution >= 0.6 is 27.3 Å². The third-order valence-electron chi connectivity index (χ3n) is 2.61. The van der Waals surface area contributed by atoms with Gasteiger partial charge in [-0.25, -0.2) is 0 Å². The lowest BCUT2D eigenvalue weighted by atomic mass is 10.0. The van der Waals surface area contributed by atoms with Crippen molar-refractivity contribution < 1.29 is 0 Å². The molecule has 1 atom stereocenters. The minimum atomic E-state index is 0.273. The van der Waals surface area contributed by atoms with Gasteiger partial charge in [-0.2, -0.15) is 0 Å². The largest absolute Gasteiger partial charge is 0.309 e. The number of hydrogen-bond acceptors (Lipinski definition) is 2. The minimum absolute atomic E-state index is 0.273. The highest BCUT2D eigenvalue weighted by Gasteiger charge is 2.15. The quantitative estimate of drug-likeness (QED) is 0.898. The molecule has 0 aliphatic rings. The Morgan fingerprint density at radius 2 is 1.88 bits per heavy atom. The zero-order valence-electron chi connectivity index (χ0n) is 9.33. The van der Waals surface area contributed by atoms with E-state index < -0.39 is 0 Å². The van der Waals surface area contributed by atoms with Gasteiger partial charge in [-0.3, -0.25) is 0 Å². The molecule has 1 heterocycles. The van der Waals surface area contributed by atoms with E-state index in [9.17, 15) is 0 Å². The van der Waals surface area contributed by atoms with Crippen LogP contribution in [0.25, 0.3) is 0 Å². The van der Waals surface area contributed by atoms with Crippen LogP contribution in [0.15, 0.2) is 40.2 Å². The molecule has 1 nitrogen and oxygen atoms in total. The topological polar surface area (TPSA) is 12.0 Å². The Labute approximate surface area is 109 Å². The van der Waals surface area contributed by atoms with E-state index in [4.69, 9.17) is 0 Å². The second-order valence-corrected chi connectivity index (χ2v) is 5.57. The molecule has 0 radical (unpaired) electrons. The molecule has 1 aromatic carbocycles. The Bertz CT molecular complexity index is 461. The second-order valence-electron chi connectivity index (χ2n) is 3.77. The molecule has 1 N–H and O–H groups in total. The van der Waals surface area contributed by atoms with Gasteiger partial charge in [0.05, 0.1) is 6.04 Å². The minimum Gasteiger partial charge on any atom is -0.309 e. The average molecular weight is 296 g/mol. The normalized spacial score (nSPS) is 12.7. The summed E-state index contributed by atoms with van der Waals surface area (Å²) in [4.78, 5) is 1.33. The highest BCUT2D eigenvalue weighted by Crippen LogP contribution is 2.32. The van der Waals surface area contributed by atoms with E-state index in [1.54, 1.807) is 11.3 Å². The smallest absolute Gasteiger partial charge is 0.0680 e. The molecule has 0 aliphatic carbocycles. The van der Waals surface area contributed by atoms with Crippen LogP contribution in [0.1, 0.15) is 22.0 Å². The Hall–Kier alpha value is -0.640. The van der Waals surface area contributed by atoms with E-state index in [1.165, 1.54) is 20.5 Å². The molecule has 1 aromatic heterocycles. The summed E-state index contributed by atoms with van der Waals surface area (Å²) in [5.41, 5.74) is 2.60. The molecule has 0 saturated heterocycles.